The van der Waals surface area contributed by atoms with E-state index in [0.717, 1.165) is 27.6 Å². The van der Waals surface area contributed by atoms with Crippen molar-refractivity contribution in [2.45, 2.75) is 36.5 Å². The zero-order valence-electron chi connectivity index (χ0n) is 16.1. The van der Waals surface area contributed by atoms with Crippen LogP contribution in [0.4, 0.5) is 11.4 Å². The summed E-state index contributed by atoms with van der Waals surface area (Å²) in [5, 5.41) is 3.01. The largest absolute Gasteiger partial charge is 0.441 e. The fourth-order valence-corrected chi connectivity index (χ4v) is 5.27. The number of amides is 2. The van der Waals surface area contributed by atoms with Crippen LogP contribution in [-0.4, -0.2) is 21.7 Å². The number of oxazole rings is 1. The summed E-state index contributed by atoms with van der Waals surface area (Å²) in [5.41, 5.74) is 3.09. The Labute approximate surface area is 172 Å². The summed E-state index contributed by atoms with van der Waals surface area (Å²) in [5.74, 6) is 1.08. The number of rotatable bonds is 3. The summed E-state index contributed by atoms with van der Waals surface area (Å²) in [4.78, 5) is 32.0. The van der Waals surface area contributed by atoms with Crippen LogP contribution in [0.1, 0.15) is 24.3 Å². The molecule has 0 bridgehead atoms. The van der Waals surface area contributed by atoms with Gasteiger partial charge in [-0.25, -0.2) is 4.98 Å². The fourth-order valence-electron chi connectivity index (χ4n) is 3.85. The minimum Gasteiger partial charge on any atom is -0.441 e. The van der Waals surface area contributed by atoms with E-state index in [1.54, 1.807) is 4.90 Å². The molecule has 1 saturated heterocycles. The van der Waals surface area contributed by atoms with Crippen molar-refractivity contribution in [1.29, 1.82) is 0 Å². The summed E-state index contributed by atoms with van der Waals surface area (Å²) in [6.45, 7) is 3.77. The maximum absolute atomic E-state index is 13.4. The van der Waals surface area contributed by atoms with E-state index in [1.165, 1.54) is 11.8 Å². The lowest BCUT2D eigenvalue weighted by Crippen LogP contribution is -2.49. The number of aromatic nitrogens is 1. The van der Waals surface area contributed by atoms with Gasteiger partial charge in [0, 0.05) is 22.6 Å². The van der Waals surface area contributed by atoms with Crippen LogP contribution >= 0.6 is 11.8 Å². The molecule has 146 valence electrons. The van der Waals surface area contributed by atoms with E-state index in [1.807, 2.05) is 62.4 Å². The van der Waals surface area contributed by atoms with E-state index in [4.69, 9.17) is 4.42 Å². The third-order valence-corrected chi connectivity index (χ3v) is 6.90. The monoisotopic (exact) mass is 405 g/mol. The first-order valence-corrected chi connectivity index (χ1v) is 10.3. The van der Waals surface area contributed by atoms with Crippen LogP contribution in [0.2, 0.25) is 0 Å². The second kappa shape index (κ2) is 6.49. The van der Waals surface area contributed by atoms with Crippen molar-refractivity contribution in [2.24, 2.45) is 0 Å². The molecule has 3 heterocycles. The SMILES string of the molecule is Cc1nc(-c2cccc(NC(=O)C34CCC(=O)N3c3ccccc3S4)c2)oc1C. The van der Waals surface area contributed by atoms with Gasteiger partial charge in [-0.15, -0.1) is 0 Å². The molecule has 0 aliphatic carbocycles. The van der Waals surface area contributed by atoms with Crippen LogP contribution in [0, 0.1) is 13.8 Å². The molecular weight excluding hydrogens is 386 g/mol. The number of carbonyl (C=O) groups excluding carboxylic acids is 2. The molecule has 2 aliphatic heterocycles. The molecule has 5 rings (SSSR count). The van der Waals surface area contributed by atoms with E-state index in [-0.39, 0.29) is 11.8 Å². The topological polar surface area (TPSA) is 75.4 Å². The molecule has 2 amide bonds. The van der Waals surface area contributed by atoms with Gasteiger partial charge < -0.3 is 9.73 Å². The van der Waals surface area contributed by atoms with Gasteiger partial charge in [0.1, 0.15) is 5.76 Å². The number of thioether (sulfide) groups is 1. The van der Waals surface area contributed by atoms with Crippen LogP contribution in [0.5, 0.6) is 0 Å². The van der Waals surface area contributed by atoms with Gasteiger partial charge in [0.2, 0.25) is 11.8 Å². The van der Waals surface area contributed by atoms with Crippen LogP contribution in [0.3, 0.4) is 0 Å². The summed E-state index contributed by atoms with van der Waals surface area (Å²) < 4.78 is 5.70. The normalized spacial score (nSPS) is 19.9. The molecule has 6 nitrogen and oxygen atoms in total. The molecule has 29 heavy (non-hydrogen) atoms. The highest BCUT2D eigenvalue weighted by Gasteiger charge is 2.57. The lowest BCUT2D eigenvalue weighted by atomic mass is 10.1. The Kier molecular flexibility index (Phi) is 4.03. The highest BCUT2D eigenvalue weighted by Crippen LogP contribution is 2.56. The van der Waals surface area contributed by atoms with E-state index in [9.17, 15) is 9.59 Å². The molecule has 2 aromatic carbocycles. The summed E-state index contributed by atoms with van der Waals surface area (Å²) >= 11 is 1.45. The number of nitrogens with zero attached hydrogens (tertiary/aromatic N) is 2. The van der Waals surface area contributed by atoms with Crippen molar-refractivity contribution < 1.29 is 14.0 Å². The second-order valence-electron chi connectivity index (χ2n) is 7.28. The van der Waals surface area contributed by atoms with Gasteiger partial charge in [0.05, 0.1) is 11.4 Å². The Morgan fingerprint density at radius 2 is 2.03 bits per heavy atom. The van der Waals surface area contributed by atoms with Crippen LogP contribution in [0.25, 0.3) is 11.5 Å². The van der Waals surface area contributed by atoms with Crippen molar-refractivity contribution in [3.63, 3.8) is 0 Å². The van der Waals surface area contributed by atoms with Crippen molar-refractivity contribution in [2.75, 3.05) is 10.2 Å². The second-order valence-corrected chi connectivity index (χ2v) is 8.60. The summed E-state index contributed by atoms with van der Waals surface area (Å²) in [6, 6.07) is 15.1. The molecule has 1 aromatic heterocycles. The summed E-state index contributed by atoms with van der Waals surface area (Å²) in [6.07, 6.45) is 0.846. The van der Waals surface area contributed by atoms with Gasteiger partial charge >= 0.3 is 0 Å². The van der Waals surface area contributed by atoms with Crippen molar-refractivity contribution in [3.05, 3.63) is 60.0 Å². The molecule has 3 aromatic rings. The first-order valence-electron chi connectivity index (χ1n) is 9.45. The zero-order valence-corrected chi connectivity index (χ0v) is 16.9. The average Bonchev–Trinajstić information content (AvgIpc) is 3.34. The Morgan fingerprint density at radius 3 is 2.83 bits per heavy atom. The van der Waals surface area contributed by atoms with Gasteiger partial charge in [0.25, 0.3) is 5.91 Å². The molecule has 1 unspecified atom stereocenters. The Morgan fingerprint density at radius 1 is 1.21 bits per heavy atom. The molecule has 1 fully saturated rings. The van der Waals surface area contributed by atoms with E-state index in [2.05, 4.69) is 10.3 Å². The van der Waals surface area contributed by atoms with Crippen LogP contribution in [0.15, 0.2) is 57.8 Å². The smallest absolute Gasteiger partial charge is 0.261 e. The van der Waals surface area contributed by atoms with Crippen LogP contribution in [-0.2, 0) is 9.59 Å². The highest BCUT2D eigenvalue weighted by atomic mass is 32.2. The molecule has 1 atom stereocenters. The lowest BCUT2D eigenvalue weighted by molar-refractivity contribution is -0.121. The van der Waals surface area contributed by atoms with Crippen molar-refractivity contribution in [3.8, 4) is 11.5 Å². The quantitative estimate of drug-likeness (QED) is 0.693. The maximum Gasteiger partial charge on any atom is 0.261 e. The first-order chi connectivity index (χ1) is 14.0. The Bertz CT molecular complexity index is 1140. The van der Waals surface area contributed by atoms with Crippen molar-refractivity contribution >= 4 is 35.0 Å². The molecular formula is C22H19N3O3S. The fraction of sp³-hybridized carbons (Fsp3) is 0.227. The molecule has 0 saturated carbocycles. The number of hydrogen-bond donors (Lipinski definition) is 1. The van der Waals surface area contributed by atoms with Crippen LogP contribution < -0.4 is 10.2 Å². The van der Waals surface area contributed by atoms with Crippen molar-refractivity contribution in [1.82, 2.24) is 4.98 Å². The standard InChI is InChI=1S/C22H19N3O3S/c1-13-14(2)28-20(23-13)15-6-5-7-16(12-15)24-21(27)22-11-10-19(26)25(22)17-8-3-4-9-18(17)29-22/h3-9,12H,10-11H2,1-2H3,(H,24,27). The Hall–Kier alpha value is -3.06. The lowest BCUT2D eigenvalue weighted by Gasteiger charge is -2.29. The summed E-state index contributed by atoms with van der Waals surface area (Å²) in [7, 11) is 0. The first kappa shape index (κ1) is 18.0. The third-order valence-electron chi connectivity index (χ3n) is 5.42. The minimum absolute atomic E-state index is 0.0166. The molecule has 1 N–H and O–H groups in total. The number of hydrogen-bond acceptors (Lipinski definition) is 5. The van der Waals surface area contributed by atoms with Gasteiger partial charge in [-0.3, -0.25) is 14.5 Å². The average molecular weight is 405 g/mol. The Balaban J connectivity index is 1.45. The number of anilines is 2. The van der Waals surface area contributed by atoms with Gasteiger partial charge in [-0.05, 0) is 50.6 Å². The molecule has 0 radical (unpaired) electrons. The number of nitrogens with one attached hydrogen (secondary N) is 1. The van der Waals surface area contributed by atoms with Gasteiger partial charge in [0.15, 0.2) is 4.87 Å². The maximum atomic E-state index is 13.4. The minimum atomic E-state index is -0.938. The van der Waals surface area contributed by atoms with E-state index < -0.39 is 4.87 Å². The number of fused-ring (bicyclic) bond motifs is 3. The third kappa shape index (κ3) is 2.76. The van der Waals surface area contributed by atoms with E-state index in [0.29, 0.717) is 24.4 Å². The molecule has 7 heteroatoms. The predicted octanol–water partition coefficient (Wildman–Crippen LogP) is 4.53. The predicted molar refractivity (Wildman–Crippen MR) is 112 cm³/mol. The number of para-hydroxylation sites is 1. The number of carbonyl (C=O) groups is 2. The highest BCUT2D eigenvalue weighted by molar-refractivity contribution is 8.02. The zero-order chi connectivity index (χ0) is 20.2. The van der Waals surface area contributed by atoms with Gasteiger partial charge in [-0.1, -0.05) is 30.0 Å². The molecule has 0 spiro atoms. The van der Waals surface area contributed by atoms with E-state index >= 15 is 0 Å². The van der Waals surface area contributed by atoms with Gasteiger partial charge in [-0.2, -0.15) is 0 Å². The molecule has 2 aliphatic rings. The number of aryl methyl sites for hydroxylation is 2. The number of benzene rings is 2.